The fraction of sp³-hybridized carbons (Fsp3) is 0.0833. The van der Waals surface area contributed by atoms with Crippen molar-refractivity contribution in [3.63, 3.8) is 0 Å². The Morgan fingerprint density at radius 1 is 0.938 bits per heavy atom. The minimum absolute atomic E-state index is 0.199. The molecule has 0 fully saturated rings. The Hall–Kier alpha value is -3.91. The zero-order valence-electron chi connectivity index (χ0n) is 17.1. The topological polar surface area (TPSA) is 110 Å². The van der Waals surface area contributed by atoms with Crippen molar-refractivity contribution in [3.8, 4) is 0 Å². The van der Waals surface area contributed by atoms with E-state index in [0.717, 1.165) is 11.3 Å². The van der Waals surface area contributed by atoms with Gasteiger partial charge < -0.3 is 11.1 Å². The number of hydrogen-bond donors (Lipinski definition) is 2. The molecule has 1 aliphatic rings. The number of anilines is 2. The van der Waals surface area contributed by atoms with E-state index in [9.17, 15) is 18.0 Å². The number of nitrogens with two attached hydrogens (primary N) is 1. The van der Waals surface area contributed by atoms with Crippen LogP contribution in [0.2, 0.25) is 0 Å². The number of fused-ring (bicyclic) bond motifs is 1. The minimum Gasteiger partial charge on any atom is -0.366 e. The van der Waals surface area contributed by atoms with Gasteiger partial charge in [0.05, 0.1) is 10.6 Å². The first-order chi connectivity index (χ1) is 15.3. The third-order valence-electron chi connectivity index (χ3n) is 5.18. The van der Waals surface area contributed by atoms with E-state index in [-0.39, 0.29) is 10.8 Å². The molecule has 2 amide bonds. The normalized spacial score (nSPS) is 13.2. The van der Waals surface area contributed by atoms with Crippen LogP contribution < -0.4 is 15.4 Å². The van der Waals surface area contributed by atoms with Crippen LogP contribution in [0.25, 0.3) is 6.08 Å². The molecule has 0 aliphatic carbocycles. The number of nitrogens with one attached hydrogen (secondary N) is 1. The molecule has 7 nitrogen and oxygen atoms in total. The zero-order chi connectivity index (χ0) is 22.7. The lowest BCUT2D eigenvalue weighted by Crippen LogP contribution is -2.29. The van der Waals surface area contributed by atoms with Crippen molar-refractivity contribution in [1.29, 1.82) is 0 Å². The summed E-state index contributed by atoms with van der Waals surface area (Å²) in [6, 6.07) is 20.1. The van der Waals surface area contributed by atoms with Crippen LogP contribution in [-0.2, 0) is 21.2 Å². The number of carbonyl (C=O) groups excluding carboxylic acids is 2. The van der Waals surface area contributed by atoms with Crippen LogP contribution in [-0.4, -0.2) is 26.8 Å². The molecule has 1 aliphatic heterocycles. The van der Waals surface area contributed by atoms with Gasteiger partial charge >= 0.3 is 0 Å². The molecule has 8 heteroatoms. The first kappa shape index (κ1) is 21.3. The van der Waals surface area contributed by atoms with Crippen LogP contribution in [0.5, 0.6) is 0 Å². The molecule has 0 aromatic heterocycles. The molecule has 0 bridgehead atoms. The number of primary amides is 1. The highest BCUT2D eigenvalue weighted by Crippen LogP contribution is 2.32. The number of benzene rings is 3. The summed E-state index contributed by atoms with van der Waals surface area (Å²) in [5, 5.41) is 2.68. The average Bonchev–Trinajstić information content (AvgIpc) is 3.23. The number of amides is 2. The SMILES string of the molecule is NC(=O)c1ccc(NC(=O)/C=C/c2ccc(S(=O)(=O)N3CCc4ccccc43)cc2)cc1. The predicted octanol–water partition coefficient (Wildman–Crippen LogP) is 3.19. The third kappa shape index (κ3) is 4.40. The van der Waals surface area contributed by atoms with E-state index < -0.39 is 15.9 Å². The Morgan fingerprint density at radius 3 is 2.31 bits per heavy atom. The van der Waals surface area contributed by atoms with Crippen LogP contribution in [0.4, 0.5) is 11.4 Å². The predicted molar refractivity (Wildman–Crippen MR) is 124 cm³/mol. The van der Waals surface area contributed by atoms with Crippen molar-refractivity contribution in [2.24, 2.45) is 5.73 Å². The van der Waals surface area contributed by atoms with Gasteiger partial charge in [-0.05, 0) is 66.1 Å². The molecule has 162 valence electrons. The number of nitrogens with zero attached hydrogens (tertiary/aromatic N) is 1. The Balaban J connectivity index is 1.43. The molecule has 3 aromatic carbocycles. The number of para-hydroxylation sites is 1. The van der Waals surface area contributed by atoms with Gasteiger partial charge in [0, 0.05) is 23.9 Å². The molecule has 1 heterocycles. The van der Waals surface area contributed by atoms with Gasteiger partial charge in [0.2, 0.25) is 11.8 Å². The molecule has 0 spiro atoms. The Morgan fingerprint density at radius 2 is 1.62 bits per heavy atom. The van der Waals surface area contributed by atoms with Crippen molar-refractivity contribution < 1.29 is 18.0 Å². The van der Waals surface area contributed by atoms with Crippen molar-refractivity contribution in [2.45, 2.75) is 11.3 Å². The van der Waals surface area contributed by atoms with Crippen molar-refractivity contribution >= 4 is 39.3 Å². The molecule has 0 atom stereocenters. The van der Waals surface area contributed by atoms with Gasteiger partial charge in [-0.25, -0.2) is 8.42 Å². The summed E-state index contributed by atoms with van der Waals surface area (Å²) < 4.78 is 27.6. The van der Waals surface area contributed by atoms with Crippen LogP contribution in [0.15, 0.2) is 83.8 Å². The van der Waals surface area contributed by atoms with Crippen molar-refractivity contribution in [3.05, 3.63) is 95.6 Å². The van der Waals surface area contributed by atoms with E-state index in [2.05, 4.69) is 5.32 Å². The summed E-state index contributed by atoms with van der Waals surface area (Å²) in [6.45, 7) is 0.421. The van der Waals surface area contributed by atoms with Crippen molar-refractivity contribution in [1.82, 2.24) is 0 Å². The smallest absolute Gasteiger partial charge is 0.264 e. The maximum atomic E-state index is 13.1. The van der Waals surface area contributed by atoms with Gasteiger partial charge in [-0.15, -0.1) is 0 Å². The van der Waals surface area contributed by atoms with E-state index in [1.54, 1.807) is 30.3 Å². The molecular weight excluding hydrogens is 426 g/mol. The van der Waals surface area contributed by atoms with Gasteiger partial charge in [0.15, 0.2) is 0 Å². The summed E-state index contributed by atoms with van der Waals surface area (Å²) >= 11 is 0. The van der Waals surface area contributed by atoms with E-state index in [4.69, 9.17) is 5.73 Å². The first-order valence-electron chi connectivity index (χ1n) is 9.94. The highest BCUT2D eigenvalue weighted by Gasteiger charge is 2.30. The third-order valence-corrected chi connectivity index (χ3v) is 7.00. The van der Waals surface area contributed by atoms with Crippen LogP contribution in [0.3, 0.4) is 0 Å². The largest absolute Gasteiger partial charge is 0.366 e. The summed E-state index contributed by atoms with van der Waals surface area (Å²) in [7, 11) is -3.65. The monoisotopic (exact) mass is 447 g/mol. The number of hydrogen-bond acceptors (Lipinski definition) is 4. The molecule has 0 saturated heterocycles. The summed E-state index contributed by atoms with van der Waals surface area (Å²) in [4.78, 5) is 23.4. The Kier molecular flexibility index (Phi) is 5.79. The van der Waals surface area contributed by atoms with E-state index in [0.29, 0.717) is 29.8 Å². The lowest BCUT2D eigenvalue weighted by molar-refractivity contribution is -0.111. The quantitative estimate of drug-likeness (QED) is 0.566. The fourth-order valence-corrected chi connectivity index (χ4v) is 5.01. The standard InChI is InChI=1S/C24H21N3O4S/c25-24(29)19-8-10-20(11-9-19)26-23(28)14-7-17-5-12-21(13-6-17)32(30,31)27-16-15-18-3-1-2-4-22(18)27/h1-14H,15-16H2,(H2,25,29)(H,26,28)/b14-7+. The molecule has 32 heavy (non-hydrogen) atoms. The second-order valence-corrected chi connectivity index (χ2v) is 9.15. The van der Waals surface area contributed by atoms with Gasteiger partial charge in [-0.1, -0.05) is 30.3 Å². The maximum Gasteiger partial charge on any atom is 0.264 e. The van der Waals surface area contributed by atoms with Crippen LogP contribution >= 0.6 is 0 Å². The molecule has 0 saturated carbocycles. The van der Waals surface area contributed by atoms with Gasteiger partial charge in [-0.3, -0.25) is 13.9 Å². The summed E-state index contributed by atoms with van der Waals surface area (Å²) in [5.74, 6) is -0.899. The molecule has 0 unspecified atom stereocenters. The van der Waals surface area contributed by atoms with E-state index in [1.807, 2.05) is 24.3 Å². The van der Waals surface area contributed by atoms with Crippen LogP contribution in [0.1, 0.15) is 21.5 Å². The highest BCUT2D eigenvalue weighted by atomic mass is 32.2. The van der Waals surface area contributed by atoms with Gasteiger partial charge in [0.25, 0.3) is 10.0 Å². The molecular formula is C24H21N3O4S. The van der Waals surface area contributed by atoms with Gasteiger partial charge in [0.1, 0.15) is 0 Å². The molecule has 3 aromatic rings. The fourth-order valence-electron chi connectivity index (χ4n) is 3.51. The van der Waals surface area contributed by atoms with Gasteiger partial charge in [-0.2, -0.15) is 0 Å². The molecule has 3 N–H and O–H groups in total. The number of carbonyl (C=O) groups is 2. The highest BCUT2D eigenvalue weighted by molar-refractivity contribution is 7.92. The minimum atomic E-state index is -3.65. The maximum absolute atomic E-state index is 13.1. The van der Waals surface area contributed by atoms with E-state index >= 15 is 0 Å². The zero-order valence-corrected chi connectivity index (χ0v) is 17.9. The summed E-state index contributed by atoms with van der Waals surface area (Å²) in [5.41, 5.74) is 8.50. The average molecular weight is 448 g/mol. The Bertz CT molecular complexity index is 1300. The second-order valence-electron chi connectivity index (χ2n) is 7.29. The lowest BCUT2D eigenvalue weighted by Gasteiger charge is -2.19. The number of sulfonamides is 1. The lowest BCUT2D eigenvalue weighted by atomic mass is 10.2. The Labute approximate surface area is 186 Å². The van der Waals surface area contributed by atoms with E-state index in [1.165, 1.54) is 34.6 Å². The number of rotatable bonds is 6. The molecule has 0 radical (unpaired) electrons. The van der Waals surface area contributed by atoms with Crippen molar-refractivity contribution in [2.75, 3.05) is 16.2 Å². The van der Waals surface area contributed by atoms with Crippen LogP contribution in [0, 0.1) is 0 Å². The second kappa shape index (κ2) is 8.68. The summed E-state index contributed by atoms with van der Waals surface area (Å²) in [6.07, 6.45) is 3.63. The molecule has 4 rings (SSSR count). The first-order valence-corrected chi connectivity index (χ1v) is 11.4.